The molecule has 3 rings (SSSR count). The van der Waals surface area contributed by atoms with Crippen LogP contribution >= 0.6 is 11.3 Å². The standard InChI is InChI=1S/C19H19N3O4S2/c1-13-4-7-16(8-5-13)28(23,24)26-17-9-6-15(10-18(17)25-3)11-20-22-19-21-14(2)12-27-19/h4-12H,1-3H3,(H,21,22)/b20-11-. The maximum atomic E-state index is 12.5. The predicted octanol–water partition coefficient (Wildman–Crippen LogP) is 3.98. The molecule has 1 aromatic heterocycles. The van der Waals surface area contributed by atoms with Crippen molar-refractivity contribution in [2.75, 3.05) is 12.5 Å². The molecule has 0 aliphatic carbocycles. The lowest BCUT2D eigenvalue weighted by Gasteiger charge is -2.11. The van der Waals surface area contributed by atoms with Crippen LogP contribution in [0.2, 0.25) is 0 Å². The second kappa shape index (κ2) is 8.41. The molecule has 0 amide bonds. The van der Waals surface area contributed by atoms with Crippen molar-refractivity contribution in [3.05, 3.63) is 64.7 Å². The summed E-state index contributed by atoms with van der Waals surface area (Å²) in [6.45, 7) is 3.78. The topological polar surface area (TPSA) is 89.9 Å². The fourth-order valence-corrected chi connectivity index (χ4v) is 3.85. The normalized spacial score (nSPS) is 11.5. The summed E-state index contributed by atoms with van der Waals surface area (Å²) < 4.78 is 35.5. The first-order chi connectivity index (χ1) is 13.4. The Kier molecular flexibility index (Phi) is 5.96. The van der Waals surface area contributed by atoms with Crippen molar-refractivity contribution in [1.29, 1.82) is 0 Å². The number of aromatic nitrogens is 1. The average molecular weight is 418 g/mol. The van der Waals surface area contributed by atoms with Crippen molar-refractivity contribution in [1.82, 2.24) is 4.98 Å². The van der Waals surface area contributed by atoms with Gasteiger partial charge in [-0.15, -0.1) is 11.3 Å². The summed E-state index contributed by atoms with van der Waals surface area (Å²) in [6, 6.07) is 11.3. The summed E-state index contributed by atoms with van der Waals surface area (Å²) in [5.74, 6) is 0.383. The predicted molar refractivity (Wildman–Crippen MR) is 110 cm³/mol. The molecule has 2 aromatic carbocycles. The first-order valence-electron chi connectivity index (χ1n) is 8.28. The number of aryl methyl sites for hydroxylation is 2. The molecule has 0 radical (unpaired) electrons. The van der Waals surface area contributed by atoms with Crippen molar-refractivity contribution < 1.29 is 17.3 Å². The zero-order valence-corrected chi connectivity index (χ0v) is 17.2. The average Bonchev–Trinajstić information content (AvgIpc) is 3.08. The van der Waals surface area contributed by atoms with Crippen LogP contribution in [0, 0.1) is 13.8 Å². The van der Waals surface area contributed by atoms with E-state index in [1.54, 1.807) is 30.5 Å². The molecule has 3 aromatic rings. The Morgan fingerprint density at radius 3 is 2.50 bits per heavy atom. The van der Waals surface area contributed by atoms with E-state index in [9.17, 15) is 8.42 Å². The molecule has 0 atom stereocenters. The van der Waals surface area contributed by atoms with Crippen LogP contribution in [0.1, 0.15) is 16.8 Å². The van der Waals surface area contributed by atoms with Crippen molar-refractivity contribution in [3.63, 3.8) is 0 Å². The number of rotatable bonds is 7. The number of nitrogens with one attached hydrogen (secondary N) is 1. The molecule has 1 heterocycles. The summed E-state index contributed by atoms with van der Waals surface area (Å²) in [5.41, 5.74) is 5.42. The molecule has 0 saturated carbocycles. The quantitative estimate of drug-likeness (QED) is 0.355. The molecule has 0 saturated heterocycles. The molecule has 0 bridgehead atoms. The number of benzene rings is 2. The van der Waals surface area contributed by atoms with Gasteiger partial charge in [-0.25, -0.2) is 4.98 Å². The van der Waals surface area contributed by atoms with Crippen LogP contribution < -0.4 is 14.3 Å². The first-order valence-corrected chi connectivity index (χ1v) is 10.6. The van der Waals surface area contributed by atoms with E-state index < -0.39 is 10.1 Å². The second-order valence-corrected chi connectivity index (χ2v) is 8.33. The second-order valence-electron chi connectivity index (χ2n) is 5.92. The number of hydrogen-bond acceptors (Lipinski definition) is 8. The van der Waals surface area contributed by atoms with Gasteiger partial charge in [-0.2, -0.15) is 13.5 Å². The molecule has 28 heavy (non-hydrogen) atoms. The molecular weight excluding hydrogens is 398 g/mol. The minimum Gasteiger partial charge on any atom is -0.493 e. The van der Waals surface area contributed by atoms with Crippen LogP contribution in [0.4, 0.5) is 5.13 Å². The molecule has 0 fully saturated rings. The van der Waals surface area contributed by atoms with Crippen LogP contribution in [-0.2, 0) is 10.1 Å². The van der Waals surface area contributed by atoms with Gasteiger partial charge in [0.25, 0.3) is 0 Å². The fourth-order valence-electron chi connectivity index (χ4n) is 2.27. The molecule has 0 unspecified atom stereocenters. The van der Waals surface area contributed by atoms with E-state index in [0.29, 0.717) is 10.7 Å². The van der Waals surface area contributed by atoms with Crippen molar-refractivity contribution in [2.24, 2.45) is 5.10 Å². The third-order valence-corrected chi connectivity index (χ3v) is 5.80. The van der Waals surface area contributed by atoms with Crippen LogP contribution in [0.25, 0.3) is 0 Å². The third kappa shape index (κ3) is 4.87. The number of anilines is 1. The Bertz CT molecular complexity index is 1090. The van der Waals surface area contributed by atoms with E-state index in [2.05, 4.69) is 15.5 Å². The van der Waals surface area contributed by atoms with Gasteiger partial charge in [0.15, 0.2) is 11.5 Å². The Balaban J connectivity index is 1.76. The Hall–Kier alpha value is -2.91. The molecule has 0 aliphatic heterocycles. The molecular formula is C19H19N3O4S2. The van der Waals surface area contributed by atoms with Crippen LogP contribution in [0.5, 0.6) is 11.5 Å². The summed E-state index contributed by atoms with van der Waals surface area (Å²) in [4.78, 5) is 4.32. The van der Waals surface area contributed by atoms with Gasteiger partial charge < -0.3 is 8.92 Å². The maximum Gasteiger partial charge on any atom is 0.339 e. The Morgan fingerprint density at radius 2 is 1.86 bits per heavy atom. The Labute approximate surface area is 167 Å². The van der Waals surface area contributed by atoms with Crippen LogP contribution in [0.3, 0.4) is 0 Å². The van der Waals surface area contributed by atoms with Gasteiger partial charge in [-0.05, 0) is 49.7 Å². The minimum absolute atomic E-state index is 0.0775. The minimum atomic E-state index is -3.96. The van der Waals surface area contributed by atoms with Gasteiger partial charge in [0.1, 0.15) is 4.90 Å². The largest absolute Gasteiger partial charge is 0.493 e. The van der Waals surface area contributed by atoms with Crippen molar-refractivity contribution >= 4 is 32.8 Å². The lowest BCUT2D eigenvalue weighted by Crippen LogP contribution is -2.10. The number of hydrogen-bond donors (Lipinski definition) is 1. The van der Waals surface area contributed by atoms with Crippen molar-refractivity contribution in [3.8, 4) is 11.5 Å². The third-order valence-electron chi connectivity index (χ3n) is 3.69. The lowest BCUT2D eigenvalue weighted by atomic mass is 10.2. The zero-order chi connectivity index (χ0) is 20.1. The van der Waals surface area contributed by atoms with Gasteiger partial charge in [-0.1, -0.05) is 17.7 Å². The van der Waals surface area contributed by atoms with Crippen LogP contribution in [-0.4, -0.2) is 26.7 Å². The van der Waals surface area contributed by atoms with Gasteiger partial charge >= 0.3 is 10.1 Å². The van der Waals surface area contributed by atoms with E-state index in [-0.39, 0.29) is 16.4 Å². The summed E-state index contributed by atoms with van der Waals surface area (Å²) >= 11 is 1.45. The lowest BCUT2D eigenvalue weighted by molar-refractivity contribution is 0.390. The van der Waals surface area contributed by atoms with Crippen molar-refractivity contribution in [2.45, 2.75) is 18.7 Å². The summed E-state index contributed by atoms with van der Waals surface area (Å²) in [7, 11) is -2.52. The maximum absolute atomic E-state index is 12.5. The highest BCUT2D eigenvalue weighted by Crippen LogP contribution is 2.30. The van der Waals surface area contributed by atoms with E-state index in [1.807, 2.05) is 19.2 Å². The van der Waals surface area contributed by atoms with Crippen LogP contribution in [0.15, 0.2) is 57.8 Å². The van der Waals surface area contributed by atoms with Gasteiger partial charge in [0.2, 0.25) is 5.13 Å². The molecule has 0 aliphatic rings. The number of methoxy groups -OCH3 is 1. The number of nitrogens with zero attached hydrogens (tertiary/aromatic N) is 2. The highest BCUT2D eigenvalue weighted by Gasteiger charge is 2.19. The number of ether oxygens (including phenoxy) is 1. The van der Waals surface area contributed by atoms with Gasteiger partial charge in [0, 0.05) is 5.38 Å². The highest BCUT2D eigenvalue weighted by atomic mass is 32.2. The summed E-state index contributed by atoms with van der Waals surface area (Å²) in [6.07, 6.45) is 1.58. The zero-order valence-electron chi connectivity index (χ0n) is 15.5. The monoisotopic (exact) mass is 417 g/mol. The van der Waals surface area contributed by atoms with E-state index in [4.69, 9.17) is 8.92 Å². The van der Waals surface area contributed by atoms with E-state index in [1.165, 1.54) is 36.6 Å². The molecule has 9 heteroatoms. The number of thiazole rings is 1. The Morgan fingerprint density at radius 1 is 1.11 bits per heavy atom. The summed E-state index contributed by atoms with van der Waals surface area (Å²) in [5, 5.41) is 6.72. The van der Waals surface area contributed by atoms with Gasteiger partial charge in [-0.3, -0.25) is 5.43 Å². The molecule has 0 spiro atoms. The smallest absolute Gasteiger partial charge is 0.339 e. The SMILES string of the molecule is COc1cc(/C=N\Nc2nc(C)cs2)ccc1OS(=O)(=O)c1ccc(C)cc1. The highest BCUT2D eigenvalue weighted by molar-refractivity contribution is 7.87. The van der Waals surface area contributed by atoms with E-state index in [0.717, 1.165) is 11.3 Å². The molecule has 1 N–H and O–H groups in total. The number of hydrazone groups is 1. The van der Waals surface area contributed by atoms with Gasteiger partial charge in [0.05, 0.1) is 19.0 Å². The van der Waals surface area contributed by atoms with E-state index >= 15 is 0 Å². The molecule has 7 nitrogen and oxygen atoms in total. The first kappa shape index (κ1) is 19.8. The fraction of sp³-hybridized carbons (Fsp3) is 0.158. The molecule has 146 valence electrons.